The highest BCUT2D eigenvalue weighted by molar-refractivity contribution is 7.88. The van der Waals surface area contributed by atoms with Crippen molar-refractivity contribution in [3.8, 4) is 0 Å². The Hall–Kier alpha value is -1.21. The molecule has 0 N–H and O–H groups in total. The van der Waals surface area contributed by atoms with Crippen molar-refractivity contribution < 1.29 is 8.42 Å². The van der Waals surface area contributed by atoms with E-state index in [0.717, 1.165) is 38.3 Å². The summed E-state index contributed by atoms with van der Waals surface area (Å²) < 4.78 is 25.0. The first-order valence-corrected chi connectivity index (χ1v) is 8.81. The monoisotopic (exact) mass is 296 g/mol. The van der Waals surface area contributed by atoms with Gasteiger partial charge in [-0.2, -0.15) is 0 Å². The Kier molecular flexibility index (Phi) is 3.41. The Morgan fingerprint density at radius 2 is 1.90 bits per heavy atom. The van der Waals surface area contributed by atoms with Crippen LogP contribution in [0.1, 0.15) is 19.3 Å². The normalized spacial score (nSPS) is 28.1. The summed E-state index contributed by atoms with van der Waals surface area (Å²) in [6.45, 7) is 3.07. The van der Waals surface area contributed by atoms with Gasteiger partial charge in [0.2, 0.25) is 16.0 Å². The number of nitrogens with zero attached hydrogens (tertiary/aromatic N) is 4. The Morgan fingerprint density at radius 1 is 1.15 bits per heavy atom. The number of hydrogen-bond acceptors (Lipinski definition) is 5. The summed E-state index contributed by atoms with van der Waals surface area (Å²) in [5, 5.41) is 0. The zero-order chi connectivity index (χ0) is 14.2. The Morgan fingerprint density at radius 3 is 2.55 bits per heavy atom. The van der Waals surface area contributed by atoms with Crippen LogP contribution in [0.5, 0.6) is 0 Å². The molecule has 1 aromatic rings. The van der Waals surface area contributed by atoms with Crippen LogP contribution in [0.2, 0.25) is 0 Å². The lowest BCUT2D eigenvalue weighted by atomic mass is 9.79. The van der Waals surface area contributed by atoms with Crippen LogP contribution >= 0.6 is 0 Å². The van der Waals surface area contributed by atoms with Crippen molar-refractivity contribution in [2.24, 2.45) is 5.41 Å². The summed E-state index contributed by atoms with van der Waals surface area (Å²) in [7, 11) is -3.08. The first-order valence-electron chi connectivity index (χ1n) is 6.96. The zero-order valence-corrected chi connectivity index (χ0v) is 12.5. The second kappa shape index (κ2) is 4.96. The first kappa shape index (κ1) is 13.8. The van der Waals surface area contributed by atoms with E-state index in [9.17, 15) is 8.42 Å². The second-order valence-electron chi connectivity index (χ2n) is 5.92. The van der Waals surface area contributed by atoms with Crippen molar-refractivity contribution in [2.75, 3.05) is 37.3 Å². The first-order chi connectivity index (χ1) is 9.49. The quantitative estimate of drug-likeness (QED) is 0.805. The van der Waals surface area contributed by atoms with E-state index in [0.29, 0.717) is 13.1 Å². The van der Waals surface area contributed by atoms with E-state index in [4.69, 9.17) is 0 Å². The van der Waals surface area contributed by atoms with Gasteiger partial charge >= 0.3 is 0 Å². The van der Waals surface area contributed by atoms with Crippen molar-refractivity contribution in [3.63, 3.8) is 0 Å². The highest BCUT2D eigenvalue weighted by atomic mass is 32.2. The van der Waals surface area contributed by atoms with Crippen molar-refractivity contribution in [1.29, 1.82) is 0 Å². The standard InChI is InChI=1S/C13H20N4O2S/c1-20(18,19)17-9-5-13(11-17)4-2-8-16(10-13)12-14-6-3-7-15-12/h3,6-7H,2,4-5,8-11H2,1H3. The number of hydrogen-bond donors (Lipinski definition) is 0. The molecular weight excluding hydrogens is 276 g/mol. The minimum absolute atomic E-state index is 0.0700. The maximum absolute atomic E-state index is 11.7. The van der Waals surface area contributed by atoms with Gasteiger partial charge in [0.15, 0.2) is 0 Å². The predicted molar refractivity (Wildman–Crippen MR) is 76.9 cm³/mol. The summed E-state index contributed by atoms with van der Waals surface area (Å²) in [4.78, 5) is 10.8. The molecule has 0 amide bonds. The van der Waals surface area contributed by atoms with Crippen molar-refractivity contribution >= 4 is 16.0 Å². The van der Waals surface area contributed by atoms with Gasteiger partial charge in [-0.15, -0.1) is 0 Å². The fourth-order valence-electron chi connectivity index (χ4n) is 3.34. The molecule has 1 aromatic heterocycles. The summed E-state index contributed by atoms with van der Waals surface area (Å²) in [5.41, 5.74) is 0.0700. The number of rotatable bonds is 2. The topological polar surface area (TPSA) is 66.4 Å². The highest BCUT2D eigenvalue weighted by Gasteiger charge is 2.44. The molecule has 110 valence electrons. The Bertz CT molecular complexity index is 577. The number of aromatic nitrogens is 2. The fraction of sp³-hybridized carbons (Fsp3) is 0.692. The molecule has 0 aromatic carbocycles. The Labute approximate surface area is 119 Å². The Balaban J connectivity index is 1.76. The van der Waals surface area contributed by atoms with Gasteiger partial charge in [0, 0.05) is 44.0 Å². The molecule has 6 nitrogen and oxygen atoms in total. The van der Waals surface area contributed by atoms with Crippen LogP contribution in [0.4, 0.5) is 5.95 Å². The van der Waals surface area contributed by atoms with Gasteiger partial charge < -0.3 is 4.90 Å². The van der Waals surface area contributed by atoms with Crippen LogP contribution in [-0.4, -0.2) is 55.1 Å². The number of sulfonamides is 1. The van der Waals surface area contributed by atoms with E-state index < -0.39 is 10.0 Å². The van der Waals surface area contributed by atoms with E-state index in [1.807, 2.05) is 6.07 Å². The van der Waals surface area contributed by atoms with Gasteiger partial charge in [0.1, 0.15) is 0 Å². The lowest BCUT2D eigenvalue weighted by molar-refractivity contribution is 0.246. The molecule has 7 heteroatoms. The lowest BCUT2D eigenvalue weighted by Gasteiger charge is -2.40. The summed E-state index contributed by atoms with van der Waals surface area (Å²) >= 11 is 0. The largest absolute Gasteiger partial charge is 0.340 e. The molecule has 1 atom stereocenters. The smallest absolute Gasteiger partial charge is 0.225 e. The maximum atomic E-state index is 11.7. The average Bonchev–Trinajstić information content (AvgIpc) is 2.84. The summed E-state index contributed by atoms with van der Waals surface area (Å²) in [6.07, 6.45) is 7.89. The van der Waals surface area contributed by atoms with Crippen LogP contribution in [0, 0.1) is 5.41 Å². The van der Waals surface area contributed by atoms with E-state index >= 15 is 0 Å². The van der Waals surface area contributed by atoms with Gasteiger partial charge in [-0.05, 0) is 25.3 Å². The van der Waals surface area contributed by atoms with Crippen molar-refractivity contribution in [2.45, 2.75) is 19.3 Å². The predicted octanol–water partition coefficient (Wildman–Crippen LogP) is 0.728. The molecule has 0 aliphatic carbocycles. The van der Waals surface area contributed by atoms with Crippen molar-refractivity contribution in [3.05, 3.63) is 18.5 Å². The lowest BCUT2D eigenvalue weighted by Crippen LogP contribution is -2.46. The van der Waals surface area contributed by atoms with E-state index in [1.54, 1.807) is 16.7 Å². The van der Waals surface area contributed by atoms with Gasteiger partial charge in [-0.3, -0.25) is 0 Å². The molecule has 2 aliphatic rings. The minimum Gasteiger partial charge on any atom is -0.340 e. The molecular formula is C13H20N4O2S. The van der Waals surface area contributed by atoms with E-state index in [-0.39, 0.29) is 5.41 Å². The molecule has 3 rings (SSSR count). The van der Waals surface area contributed by atoms with E-state index in [2.05, 4.69) is 14.9 Å². The molecule has 2 fully saturated rings. The number of anilines is 1. The number of piperidine rings is 1. The van der Waals surface area contributed by atoms with Crippen LogP contribution in [0.15, 0.2) is 18.5 Å². The molecule has 3 heterocycles. The zero-order valence-electron chi connectivity index (χ0n) is 11.7. The van der Waals surface area contributed by atoms with Crippen molar-refractivity contribution in [1.82, 2.24) is 14.3 Å². The second-order valence-corrected chi connectivity index (χ2v) is 7.90. The van der Waals surface area contributed by atoms with Gasteiger partial charge in [0.05, 0.1) is 6.26 Å². The van der Waals surface area contributed by atoms with Gasteiger partial charge in [-0.1, -0.05) is 0 Å². The molecule has 2 saturated heterocycles. The molecule has 0 bridgehead atoms. The third kappa shape index (κ3) is 2.64. The van der Waals surface area contributed by atoms with Gasteiger partial charge in [-0.25, -0.2) is 22.7 Å². The maximum Gasteiger partial charge on any atom is 0.225 e. The van der Waals surface area contributed by atoms with Crippen LogP contribution < -0.4 is 4.90 Å². The molecule has 0 radical (unpaired) electrons. The average molecular weight is 296 g/mol. The van der Waals surface area contributed by atoms with Crippen LogP contribution in [-0.2, 0) is 10.0 Å². The third-order valence-corrected chi connectivity index (χ3v) is 5.62. The van der Waals surface area contributed by atoms with E-state index in [1.165, 1.54) is 6.26 Å². The summed E-state index contributed by atoms with van der Waals surface area (Å²) in [6, 6.07) is 1.81. The molecule has 0 saturated carbocycles. The third-order valence-electron chi connectivity index (χ3n) is 4.37. The molecule has 2 aliphatic heterocycles. The molecule has 20 heavy (non-hydrogen) atoms. The molecule has 1 unspecified atom stereocenters. The van der Waals surface area contributed by atoms with Crippen LogP contribution in [0.3, 0.4) is 0 Å². The van der Waals surface area contributed by atoms with Crippen LogP contribution in [0.25, 0.3) is 0 Å². The van der Waals surface area contributed by atoms with Gasteiger partial charge in [0.25, 0.3) is 0 Å². The minimum atomic E-state index is -3.08. The fourth-order valence-corrected chi connectivity index (χ4v) is 4.27. The SMILES string of the molecule is CS(=O)(=O)N1CCC2(CCCN(c3ncccn3)C2)C1. The molecule has 1 spiro atoms. The highest BCUT2D eigenvalue weighted by Crippen LogP contribution is 2.40. The summed E-state index contributed by atoms with van der Waals surface area (Å²) in [5.74, 6) is 0.754.